The van der Waals surface area contributed by atoms with Crippen LogP contribution in [0.3, 0.4) is 0 Å². The van der Waals surface area contributed by atoms with Gasteiger partial charge in [0.25, 0.3) is 0 Å². The molecule has 2 aromatic rings. The summed E-state index contributed by atoms with van der Waals surface area (Å²) in [6.07, 6.45) is -5.70. The van der Waals surface area contributed by atoms with Crippen LogP contribution in [-0.2, 0) is 15.7 Å². The molecular weight excluding hydrogens is 432 g/mol. The number of nitrogens with zero attached hydrogens (tertiary/aromatic N) is 1. The summed E-state index contributed by atoms with van der Waals surface area (Å²) < 4.78 is 62.2. The first-order chi connectivity index (χ1) is 14.0. The monoisotopic (exact) mass is 448 g/mol. The Kier molecular flexibility index (Phi) is 7.14. The van der Waals surface area contributed by atoms with Gasteiger partial charge in [0.15, 0.2) is 11.6 Å². The van der Waals surface area contributed by atoms with E-state index in [9.17, 15) is 27.2 Å². The number of ether oxygens (including phenoxy) is 2. The highest BCUT2D eigenvalue weighted by Gasteiger charge is 2.32. The number of alkyl halides is 3. The Hall–Kier alpha value is -3.01. The third-order valence-corrected chi connectivity index (χ3v) is 4.14. The molecule has 2 rings (SSSR count). The summed E-state index contributed by atoms with van der Waals surface area (Å²) in [6.45, 7) is 3.27. The lowest BCUT2D eigenvalue weighted by Crippen LogP contribution is -2.33. The molecule has 0 aliphatic rings. The molecule has 0 saturated heterocycles. The number of carbonyl (C=O) groups excluding carboxylic acids is 2. The van der Waals surface area contributed by atoms with E-state index in [2.05, 4.69) is 4.74 Å². The van der Waals surface area contributed by atoms with Gasteiger partial charge in [0, 0.05) is 19.0 Å². The van der Waals surface area contributed by atoms with Crippen LogP contribution in [0.15, 0.2) is 30.3 Å². The molecule has 0 aliphatic heterocycles. The Bertz CT molecular complexity index is 943. The molecule has 162 valence electrons. The highest BCUT2D eigenvalue weighted by atomic mass is 35.5. The molecule has 0 fully saturated rings. The van der Waals surface area contributed by atoms with E-state index in [1.807, 2.05) is 0 Å². The van der Waals surface area contributed by atoms with Gasteiger partial charge < -0.3 is 15.2 Å². The number of halogens is 5. The first-order valence-corrected chi connectivity index (χ1v) is 9.01. The predicted octanol–water partition coefficient (Wildman–Crippen LogP) is 5.77. The first kappa shape index (κ1) is 23.3. The first-order valence-electron chi connectivity index (χ1n) is 8.63. The maximum Gasteiger partial charge on any atom is 0.422 e. The lowest BCUT2D eigenvalue weighted by Gasteiger charge is -2.22. The van der Waals surface area contributed by atoms with Crippen LogP contribution in [-0.4, -0.2) is 18.6 Å². The van der Waals surface area contributed by atoms with Crippen LogP contribution in [0.1, 0.15) is 25.8 Å². The van der Waals surface area contributed by atoms with Gasteiger partial charge >= 0.3 is 18.2 Å². The molecule has 0 aromatic heterocycles. The van der Waals surface area contributed by atoms with Gasteiger partial charge in [0.2, 0.25) is 0 Å². The topological polar surface area (TPSA) is 81.9 Å². The summed E-state index contributed by atoms with van der Waals surface area (Å²) >= 11 is 5.74. The lowest BCUT2D eigenvalue weighted by molar-refractivity contribution is -0.138. The van der Waals surface area contributed by atoms with Crippen molar-refractivity contribution < 1.29 is 36.6 Å². The van der Waals surface area contributed by atoms with Gasteiger partial charge in [-0.15, -0.1) is 0 Å². The molecule has 30 heavy (non-hydrogen) atoms. The average molecular weight is 449 g/mol. The Morgan fingerprint density at radius 3 is 2.33 bits per heavy atom. The van der Waals surface area contributed by atoms with Crippen molar-refractivity contribution in [2.45, 2.75) is 26.4 Å². The Morgan fingerprint density at radius 1 is 1.17 bits per heavy atom. The molecule has 0 aliphatic carbocycles. The van der Waals surface area contributed by atoms with Crippen LogP contribution in [0.5, 0.6) is 11.5 Å². The number of nitrogen functional groups attached to an aromatic ring is 1. The van der Waals surface area contributed by atoms with Crippen LogP contribution >= 0.6 is 11.6 Å². The number of amides is 1. The molecule has 2 aromatic carbocycles. The molecule has 0 atom stereocenters. The maximum absolute atomic E-state index is 14.1. The predicted molar refractivity (Wildman–Crippen MR) is 102 cm³/mol. The zero-order valence-electron chi connectivity index (χ0n) is 15.8. The zero-order valence-corrected chi connectivity index (χ0v) is 16.6. The second-order valence-electron chi connectivity index (χ2n) is 5.93. The largest absolute Gasteiger partial charge is 0.453 e. The summed E-state index contributed by atoms with van der Waals surface area (Å²) in [5.41, 5.74) is 4.87. The minimum atomic E-state index is -4.77. The van der Waals surface area contributed by atoms with Crippen LogP contribution < -0.4 is 15.4 Å². The highest BCUT2D eigenvalue weighted by molar-refractivity contribution is 6.32. The SMILES string of the molecule is CCC(=O)OC(=O)N(CC)c1ccc(Oc2c(F)cc(C(F)(F)F)cc2Cl)cc1N. The second-order valence-corrected chi connectivity index (χ2v) is 6.33. The Labute approximate surface area is 174 Å². The molecule has 1 amide bonds. The van der Waals surface area contributed by atoms with E-state index in [0.29, 0.717) is 6.07 Å². The van der Waals surface area contributed by atoms with Crippen molar-refractivity contribution in [3.63, 3.8) is 0 Å². The number of rotatable bonds is 5. The quantitative estimate of drug-likeness (QED) is 0.272. The lowest BCUT2D eigenvalue weighted by atomic mass is 10.2. The smallest absolute Gasteiger partial charge is 0.422 e. The van der Waals surface area contributed by atoms with Crippen LogP contribution in [0.4, 0.5) is 33.7 Å². The standard InChI is InChI=1S/C19H17ClF4N2O4/c1-3-16(27)30-18(28)26(4-2)15-6-5-11(9-14(15)25)29-17-12(20)7-10(8-13(17)21)19(22,23)24/h5-9H,3-4,25H2,1-2H3. The Balaban J connectivity index is 2.29. The number of benzene rings is 2. The van der Waals surface area contributed by atoms with E-state index < -0.39 is 40.4 Å². The fourth-order valence-electron chi connectivity index (χ4n) is 2.40. The van der Waals surface area contributed by atoms with Crippen LogP contribution in [0, 0.1) is 5.82 Å². The molecule has 0 unspecified atom stereocenters. The maximum atomic E-state index is 14.1. The molecule has 11 heteroatoms. The van der Waals surface area contributed by atoms with Gasteiger partial charge in [-0.1, -0.05) is 18.5 Å². The molecular formula is C19H17ClF4N2O4. The number of carbonyl (C=O) groups is 2. The van der Waals surface area contributed by atoms with Crippen LogP contribution in [0.25, 0.3) is 0 Å². The van der Waals surface area contributed by atoms with Crippen molar-refractivity contribution in [2.75, 3.05) is 17.2 Å². The van der Waals surface area contributed by atoms with Crippen molar-refractivity contribution in [1.82, 2.24) is 0 Å². The fourth-order valence-corrected chi connectivity index (χ4v) is 2.65. The number of anilines is 2. The molecule has 0 saturated carbocycles. The number of nitrogens with two attached hydrogens (primary N) is 1. The van der Waals surface area contributed by atoms with E-state index >= 15 is 0 Å². The normalized spacial score (nSPS) is 11.2. The van der Waals surface area contributed by atoms with Crippen molar-refractivity contribution in [2.24, 2.45) is 0 Å². The molecule has 0 spiro atoms. The summed E-state index contributed by atoms with van der Waals surface area (Å²) in [6, 6.07) is 4.68. The minimum Gasteiger partial charge on any atom is -0.453 e. The third-order valence-electron chi connectivity index (χ3n) is 3.86. The van der Waals surface area contributed by atoms with Crippen molar-refractivity contribution in [3.8, 4) is 11.5 Å². The minimum absolute atomic E-state index is 0.00497. The van der Waals surface area contributed by atoms with E-state index in [1.165, 1.54) is 25.1 Å². The summed E-state index contributed by atoms with van der Waals surface area (Å²) in [5, 5.41) is -0.582. The van der Waals surface area contributed by atoms with Gasteiger partial charge in [-0.05, 0) is 31.2 Å². The Morgan fingerprint density at radius 2 is 1.83 bits per heavy atom. The highest BCUT2D eigenvalue weighted by Crippen LogP contribution is 2.39. The van der Waals surface area contributed by atoms with Crippen LogP contribution in [0.2, 0.25) is 5.02 Å². The number of esters is 1. The van der Waals surface area contributed by atoms with E-state index in [-0.39, 0.29) is 36.2 Å². The molecule has 0 heterocycles. The van der Waals surface area contributed by atoms with Gasteiger partial charge in [-0.25, -0.2) is 9.18 Å². The van der Waals surface area contributed by atoms with Crippen molar-refractivity contribution in [1.29, 1.82) is 0 Å². The average Bonchev–Trinajstić information content (AvgIpc) is 2.65. The van der Waals surface area contributed by atoms with Gasteiger partial charge in [0.05, 0.1) is 22.0 Å². The summed E-state index contributed by atoms with van der Waals surface area (Å²) in [7, 11) is 0. The van der Waals surface area contributed by atoms with Crippen molar-refractivity contribution in [3.05, 3.63) is 46.7 Å². The molecule has 2 N–H and O–H groups in total. The van der Waals surface area contributed by atoms with Gasteiger partial charge in [-0.3, -0.25) is 9.69 Å². The molecule has 0 radical (unpaired) electrons. The van der Waals surface area contributed by atoms with Crippen molar-refractivity contribution >= 4 is 35.0 Å². The van der Waals surface area contributed by atoms with E-state index in [0.717, 1.165) is 4.90 Å². The fraction of sp³-hybridized carbons (Fsp3) is 0.263. The van der Waals surface area contributed by atoms with Gasteiger partial charge in [0.1, 0.15) is 5.75 Å². The third kappa shape index (κ3) is 5.32. The summed E-state index contributed by atoms with van der Waals surface area (Å²) in [4.78, 5) is 24.5. The number of hydrogen-bond donors (Lipinski definition) is 1. The van der Waals surface area contributed by atoms with Gasteiger partial charge in [-0.2, -0.15) is 13.2 Å². The van der Waals surface area contributed by atoms with E-state index in [1.54, 1.807) is 6.92 Å². The molecule has 6 nitrogen and oxygen atoms in total. The van der Waals surface area contributed by atoms with E-state index in [4.69, 9.17) is 22.1 Å². The zero-order chi connectivity index (χ0) is 22.6. The molecule has 0 bridgehead atoms. The summed E-state index contributed by atoms with van der Waals surface area (Å²) in [5.74, 6) is -2.68. The number of hydrogen-bond acceptors (Lipinski definition) is 5. The second kappa shape index (κ2) is 9.21.